The van der Waals surface area contributed by atoms with Crippen molar-refractivity contribution < 1.29 is 4.79 Å². The molecule has 3 heteroatoms. The number of nitrogens with one attached hydrogen (secondary N) is 1. The van der Waals surface area contributed by atoms with Crippen molar-refractivity contribution in [3.8, 4) is 0 Å². The SMILES string of the molecule is CC(=O)N(C[C@H]1CCCN1)C1CC1. The summed E-state index contributed by atoms with van der Waals surface area (Å²) in [6.07, 6.45) is 4.93. The van der Waals surface area contributed by atoms with Gasteiger partial charge in [-0.3, -0.25) is 4.79 Å². The van der Waals surface area contributed by atoms with Crippen LogP contribution in [0.1, 0.15) is 32.6 Å². The van der Waals surface area contributed by atoms with Gasteiger partial charge in [0.25, 0.3) is 0 Å². The minimum Gasteiger partial charge on any atom is -0.338 e. The zero-order valence-corrected chi connectivity index (χ0v) is 8.25. The average Bonchev–Trinajstić information content (AvgIpc) is 2.79. The summed E-state index contributed by atoms with van der Waals surface area (Å²) in [6.45, 7) is 3.74. The molecule has 2 rings (SSSR count). The molecule has 1 aliphatic heterocycles. The van der Waals surface area contributed by atoms with E-state index >= 15 is 0 Å². The Balaban J connectivity index is 1.84. The second-order valence-corrected chi connectivity index (χ2v) is 4.20. The van der Waals surface area contributed by atoms with Gasteiger partial charge in [0.05, 0.1) is 0 Å². The second-order valence-electron chi connectivity index (χ2n) is 4.20. The first-order valence-corrected chi connectivity index (χ1v) is 5.28. The summed E-state index contributed by atoms with van der Waals surface area (Å²) in [5.41, 5.74) is 0. The van der Waals surface area contributed by atoms with Crippen molar-refractivity contribution in [2.24, 2.45) is 0 Å². The van der Waals surface area contributed by atoms with E-state index in [2.05, 4.69) is 5.32 Å². The molecule has 0 bridgehead atoms. The molecule has 1 aliphatic carbocycles. The van der Waals surface area contributed by atoms with Gasteiger partial charge in [0, 0.05) is 25.6 Å². The minimum absolute atomic E-state index is 0.246. The Morgan fingerprint density at radius 3 is 2.69 bits per heavy atom. The summed E-state index contributed by atoms with van der Waals surface area (Å²) in [4.78, 5) is 13.4. The molecule has 2 aliphatic rings. The number of rotatable bonds is 3. The van der Waals surface area contributed by atoms with Crippen LogP contribution >= 0.6 is 0 Å². The smallest absolute Gasteiger partial charge is 0.219 e. The lowest BCUT2D eigenvalue weighted by molar-refractivity contribution is -0.129. The Kier molecular flexibility index (Phi) is 2.54. The van der Waals surface area contributed by atoms with Gasteiger partial charge in [-0.15, -0.1) is 0 Å². The summed E-state index contributed by atoms with van der Waals surface area (Å²) in [5, 5.41) is 3.43. The first kappa shape index (κ1) is 9.00. The number of nitrogens with zero attached hydrogens (tertiary/aromatic N) is 1. The topological polar surface area (TPSA) is 32.3 Å². The number of carbonyl (C=O) groups is 1. The van der Waals surface area contributed by atoms with Gasteiger partial charge >= 0.3 is 0 Å². The van der Waals surface area contributed by atoms with E-state index in [4.69, 9.17) is 0 Å². The quantitative estimate of drug-likeness (QED) is 0.698. The molecule has 1 saturated carbocycles. The molecule has 0 aromatic rings. The molecule has 1 atom stereocenters. The first-order chi connectivity index (χ1) is 6.27. The van der Waals surface area contributed by atoms with Crippen molar-refractivity contribution in [1.29, 1.82) is 0 Å². The normalized spacial score (nSPS) is 27.6. The van der Waals surface area contributed by atoms with Crippen LogP contribution in [0.15, 0.2) is 0 Å². The standard InChI is InChI=1S/C10H18N2O/c1-8(13)12(10-4-5-10)7-9-3-2-6-11-9/h9-11H,2-7H2,1H3/t9-/m1/s1. The van der Waals surface area contributed by atoms with Gasteiger partial charge in [0.2, 0.25) is 5.91 Å². The van der Waals surface area contributed by atoms with E-state index in [-0.39, 0.29) is 5.91 Å². The van der Waals surface area contributed by atoms with Crippen molar-refractivity contribution in [3.05, 3.63) is 0 Å². The molecule has 0 unspecified atom stereocenters. The van der Waals surface area contributed by atoms with E-state index in [1.807, 2.05) is 4.90 Å². The molecule has 74 valence electrons. The van der Waals surface area contributed by atoms with E-state index < -0.39 is 0 Å². The monoisotopic (exact) mass is 182 g/mol. The van der Waals surface area contributed by atoms with Crippen LogP contribution in [0.25, 0.3) is 0 Å². The lowest BCUT2D eigenvalue weighted by Gasteiger charge is -2.24. The number of carbonyl (C=O) groups excluding carboxylic acids is 1. The second kappa shape index (κ2) is 3.66. The summed E-state index contributed by atoms with van der Waals surface area (Å²) in [6, 6.07) is 1.13. The van der Waals surface area contributed by atoms with Crippen molar-refractivity contribution in [3.63, 3.8) is 0 Å². The highest BCUT2D eigenvalue weighted by Gasteiger charge is 2.32. The molecule has 3 nitrogen and oxygen atoms in total. The van der Waals surface area contributed by atoms with E-state index in [0.29, 0.717) is 12.1 Å². The molecule has 0 aromatic heterocycles. The van der Waals surface area contributed by atoms with Crippen LogP contribution in [0, 0.1) is 0 Å². The Labute approximate surface area is 79.5 Å². The van der Waals surface area contributed by atoms with Gasteiger partial charge in [-0.2, -0.15) is 0 Å². The van der Waals surface area contributed by atoms with Crippen molar-refractivity contribution >= 4 is 5.91 Å². The zero-order chi connectivity index (χ0) is 9.26. The highest BCUT2D eigenvalue weighted by atomic mass is 16.2. The van der Waals surface area contributed by atoms with Crippen LogP contribution in [0.2, 0.25) is 0 Å². The van der Waals surface area contributed by atoms with Crippen LogP contribution in [-0.2, 0) is 4.79 Å². The van der Waals surface area contributed by atoms with Gasteiger partial charge in [0.1, 0.15) is 0 Å². The zero-order valence-electron chi connectivity index (χ0n) is 8.25. The maximum atomic E-state index is 11.3. The fraction of sp³-hybridized carbons (Fsp3) is 0.900. The highest BCUT2D eigenvalue weighted by molar-refractivity contribution is 5.74. The number of hydrogen-bond donors (Lipinski definition) is 1. The lowest BCUT2D eigenvalue weighted by Crippen LogP contribution is -2.41. The van der Waals surface area contributed by atoms with Crippen LogP contribution in [-0.4, -0.2) is 36.0 Å². The molecule has 2 fully saturated rings. The van der Waals surface area contributed by atoms with Crippen LogP contribution in [0.3, 0.4) is 0 Å². The van der Waals surface area contributed by atoms with Gasteiger partial charge in [-0.25, -0.2) is 0 Å². The lowest BCUT2D eigenvalue weighted by atomic mass is 10.2. The Morgan fingerprint density at radius 2 is 2.23 bits per heavy atom. The summed E-state index contributed by atoms with van der Waals surface area (Å²) < 4.78 is 0. The molecular weight excluding hydrogens is 164 g/mol. The molecule has 1 saturated heterocycles. The Morgan fingerprint density at radius 1 is 1.46 bits per heavy atom. The molecule has 0 radical (unpaired) electrons. The minimum atomic E-state index is 0.246. The van der Waals surface area contributed by atoms with Crippen LogP contribution in [0.4, 0.5) is 0 Å². The van der Waals surface area contributed by atoms with Crippen molar-refractivity contribution in [2.75, 3.05) is 13.1 Å². The van der Waals surface area contributed by atoms with Crippen LogP contribution in [0.5, 0.6) is 0 Å². The van der Waals surface area contributed by atoms with Gasteiger partial charge in [-0.05, 0) is 32.2 Å². The Hall–Kier alpha value is -0.570. The molecule has 1 amide bonds. The van der Waals surface area contributed by atoms with Gasteiger partial charge in [-0.1, -0.05) is 0 Å². The van der Waals surface area contributed by atoms with E-state index in [1.54, 1.807) is 6.92 Å². The molecule has 13 heavy (non-hydrogen) atoms. The summed E-state index contributed by atoms with van der Waals surface area (Å²) in [5.74, 6) is 0.246. The first-order valence-electron chi connectivity index (χ1n) is 5.28. The third-order valence-corrected chi connectivity index (χ3v) is 2.97. The largest absolute Gasteiger partial charge is 0.338 e. The van der Waals surface area contributed by atoms with Gasteiger partial charge in [0.15, 0.2) is 0 Å². The van der Waals surface area contributed by atoms with E-state index in [0.717, 1.165) is 13.1 Å². The van der Waals surface area contributed by atoms with Crippen molar-refractivity contribution in [1.82, 2.24) is 10.2 Å². The summed E-state index contributed by atoms with van der Waals surface area (Å²) >= 11 is 0. The molecular formula is C10H18N2O. The predicted molar refractivity (Wildman–Crippen MR) is 51.4 cm³/mol. The maximum absolute atomic E-state index is 11.3. The van der Waals surface area contributed by atoms with E-state index in [1.165, 1.54) is 25.7 Å². The Bertz CT molecular complexity index is 195. The molecule has 1 N–H and O–H groups in total. The average molecular weight is 182 g/mol. The van der Waals surface area contributed by atoms with Gasteiger partial charge < -0.3 is 10.2 Å². The molecule has 0 spiro atoms. The van der Waals surface area contributed by atoms with Crippen molar-refractivity contribution in [2.45, 2.75) is 44.7 Å². The number of hydrogen-bond acceptors (Lipinski definition) is 2. The predicted octanol–water partition coefficient (Wildman–Crippen LogP) is 0.749. The fourth-order valence-electron chi connectivity index (χ4n) is 2.07. The molecule has 0 aromatic carbocycles. The highest BCUT2D eigenvalue weighted by Crippen LogP contribution is 2.27. The van der Waals surface area contributed by atoms with E-state index in [9.17, 15) is 4.79 Å². The third kappa shape index (κ3) is 2.21. The maximum Gasteiger partial charge on any atom is 0.219 e. The fourth-order valence-corrected chi connectivity index (χ4v) is 2.07. The third-order valence-electron chi connectivity index (χ3n) is 2.97. The molecule has 1 heterocycles. The summed E-state index contributed by atoms with van der Waals surface area (Å²) in [7, 11) is 0. The number of amides is 1. The van der Waals surface area contributed by atoms with Crippen LogP contribution < -0.4 is 5.32 Å².